The van der Waals surface area contributed by atoms with Gasteiger partial charge < -0.3 is 14.5 Å². The lowest BCUT2D eigenvalue weighted by molar-refractivity contribution is -0.134. The van der Waals surface area contributed by atoms with Gasteiger partial charge in [0.15, 0.2) is 5.60 Å². The summed E-state index contributed by atoms with van der Waals surface area (Å²) in [6.07, 6.45) is 0. The van der Waals surface area contributed by atoms with Gasteiger partial charge in [-0.25, -0.2) is 0 Å². The Kier molecular flexibility index (Phi) is 5.78. The van der Waals surface area contributed by atoms with E-state index in [0.717, 1.165) is 5.56 Å². The molecule has 0 saturated heterocycles. The van der Waals surface area contributed by atoms with Crippen molar-refractivity contribution in [1.29, 1.82) is 0 Å². The lowest BCUT2D eigenvalue weighted by atomic mass is 10.1. The number of furan rings is 1. The molecular weight excluding hydrogens is 385 g/mol. The lowest BCUT2D eigenvalue weighted by Crippen LogP contribution is -2.46. The molecule has 0 saturated carbocycles. The van der Waals surface area contributed by atoms with Gasteiger partial charge in [-0.3, -0.25) is 4.79 Å². The molecule has 140 valence electrons. The molecule has 0 bridgehead atoms. The minimum atomic E-state index is -1.04. The number of hydrogen-bond donors (Lipinski definition) is 1. The Balaban J connectivity index is 1.59. The van der Waals surface area contributed by atoms with Crippen molar-refractivity contribution in [2.75, 3.05) is 0 Å². The zero-order chi connectivity index (χ0) is 19.4. The molecule has 1 aromatic heterocycles. The van der Waals surface area contributed by atoms with Crippen molar-refractivity contribution in [3.8, 4) is 17.1 Å². The predicted molar refractivity (Wildman–Crippen MR) is 107 cm³/mol. The van der Waals surface area contributed by atoms with Crippen LogP contribution in [0.15, 0.2) is 65.1 Å². The third-order valence-corrected chi connectivity index (χ3v) is 4.45. The van der Waals surface area contributed by atoms with Gasteiger partial charge in [-0.2, -0.15) is 0 Å². The van der Waals surface area contributed by atoms with Crippen molar-refractivity contribution in [3.05, 3.63) is 76.5 Å². The molecular formula is C21H19Cl2NO3. The molecule has 3 aromatic rings. The summed E-state index contributed by atoms with van der Waals surface area (Å²) in [5.74, 6) is 1.69. The second-order valence-electron chi connectivity index (χ2n) is 6.52. The Bertz CT molecular complexity index is 915. The van der Waals surface area contributed by atoms with E-state index in [-0.39, 0.29) is 12.5 Å². The fraction of sp³-hybridized carbons (Fsp3) is 0.190. The highest BCUT2D eigenvalue weighted by Crippen LogP contribution is 2.24. The van der Waals surface area contributed by atoms with Crippen LogP contribution in [-0.2, 0) is 11.3 Å². The summed E-state index contributed by atoms with van der Waals surface area (Å²) < 4.78 is 11.6. The van der Waals surface area contributed by atoms with Crippen LogP contribution in [0.4, 0.5) is 0 Å². The summed E-state index contributed by atoms with van der Waals surface area (Å²) in [6, 6.07) is 17.9. The zero-order valence-corrected chi connectivity index (χ0v) is 16.5. The largest absolute Gasteiger partial charge is 0.478 e. The van der Waals surface area contributed by atoms with E-state index in [1.807, 2.05) is 24.3 Å². The maximum atomic E-state index is 12.5. The number of hydrogen-bond acceptors (Lipinski definition) is 3. The van der Waals surface area contributed by atoms with Gasteiger partial charge in [-0.15, -0.1) is 0 Å². The molecule has 0 fully saturated rings. The van der Waals surface area contributed by atoms with Crippen molar-refractivity contribution >= 4 is 29.1 Å². The fourth-order valence-corrected chi connectivity index (χ4v) is 2.72. The van der Waals surface area contributed by atoms with Gasteiger partial charge in [-0.1, -0.05) is 23.2 Å². The van der Waals surface area contributed by atoms with Crippen molar-refractivity contribution in [1.82, 2.24) is 5.32 Å². The van der Waals surface area contributed by atoms with Crippen molar-refractivity contribution in [2.45, 2.75) is 26.0 Å². The molecule has 1 N–H and O–H groups in total. The number of ether oxygens (including phenoxy) is 1. The summed E-state index contributed by atoms with van der Waals surface area (Å²) in [6.45, 7) is 3.68. The zero-order valence-electron chi connectivity index (χ0n) is 15.0. The Morgan fingerprint density at radius 2 is 1.56 bits per heavy atom. The molecule has 2 aromatic carbocycles. The maximum absolute atomic E-state index is 12.5. The summed E-state index contributed by atoms with van der Waals surface area (Å²) in [7, 11) is 0. The summed E-state index contributed by atoms with van der Waals surface area (Å²) in [5, 5.41) is 4.12. The molecule has 0 spiro atoms. The second kappa shape index (κ2) is 8.07. The molecule has 4 nitrogen and oxygen atoms in total. The predicted octanol–water partition coefficient (Wildman–Crippen LogP) is 5.73. The molecule has 0 atom stereocenters. The molecule has 0 aliphatic rings. The minimum absolute atomic E-state index is 0.248. The molecule has 0 aliphatic heterocycles. The molecule has 1 amide bonds. The van der Waals surface area contributed by atoms with Crippen LogP contribution in [0, 0.1) is 0 Å². The minimum Gasteiger partial charge on any atom is -0.478 e. The first-order chi connectivity index (χ1) is 12.8. The van der Waals surface area contributed by atoms with Gasteiger partial charge in [0.25, 0.3) is 5.91 Å². The third kappa shape index (κ3) is 5.06. The van der Waals surface area contributed by atoms with E-state index >= 15 is 0 Å². The first-order valence-corrected chi connectivity index (χ1v) is 9.17. The average molecular weight is 404 g/mol. The number of nitrogens with one attached hydrogen (secondary N) is 1. The fourth-order valence-electron chi connectivity index (χ4n) is 2.47. The highest BCUT2D eigenvalue weighted by Gasteiger charge is 2.29. The Hall–Kier alpha value is -2.43. The second-order valence-corrected chi connectivity index (χ2v) is 7.39. The van der Waals surface area contributed by atoms with Gasteiger partial charge in [0.1, 0.15) is 17.3 Å². The van der Waals surface area contributed by atoms with Gasteiger partial charge in [0.2, 0.25) is 0 Å². The highest BCUT2D eigenvalue weighted by molar-refractivity contribution is 6.30. The standard InChI is InChI=1S/C21H19Cl2NO3/c1-21(2,27-17-9-7-16(23)8-10-17)20(25)24-13-18-11-12-19(26-18)14-3-5-15(22)6-4-14/h3-12H,13H2,1-2H3,(H,24,25). The van der Waals surface area contributed by atoms with Crippen LogP contribution in [-0.4, -0.2) is 11.5 Å². The first-order valence-electron chi connectivity index (χ1n) is 8.41. The van der Waals surface area contributed by atoms with E-state index in [4.69, 9.17) is 32.4 Å². The SMILES string of the molecule is CC(C)(Oc1ccc(Cl)cc1)C(=O)NCc1ccc(-c2ccc(Cl)cc2)o1. The topological polar surface area (TPSA) is 51.5 Å². The van der Waals surface area contributed by atoms with Crippen molar-refractivity contribution in [2.24, 2.45) is 0 Å². The van der Waals surface area contributed by atoms with Gasteiger partial charge in [0, 0.05) is 15.6 Å². The lowest BCUT2D eigenvalue weighted by Gasteiger charge is -2.25. The van der Waals surface area contributed by atoms with Crippen LogP contribution < -0.4 is 10.1 Å². The van der Waals surface area contributed by atoms with Crippen LogP contribution >= 0.6 is 23.2 Å². The number of benzene rings is 2. The third-order valence-electron chi connectivity index (χ3n) is 3.95. The van der Waals surface area contributed by atoms with E-state index in [1.54, 1.807) is 50.2 Å². The molecule has 0 unspecified atom stereocenters. The summed E-state index contributed by atoms with van der Waals surface area (Å²) in [5.41, 5.74) is -0.122. The summed E-state index contributed by atoms with van der Waals surface area (Å²) in [4.78, 5) is 12.5. The van der Waals surface area contributed by atoms with E-state index < -0.39 is 5.60 Å². The van der Waals surface area contributed by atoms with Crippen LogP contribution in [0.25, 0.3) is 11.3 Å². The number of carbonyl (C=O) groups is 1. The first kappa shape index (κ1) is 19.3. The van der Waals surface area contributed by atoms with Crippen molar-refractivity contribution < 1.29 is 13.9 Å². The Labute approximate surface area is 168 Å². The van der Waals surface area contributed by atoms with Gasteiger partial charge >= 0.3 is 0 Å². The number of rotatable bonds is 6. The monoisotopic (exact) mass is 403 g/mol. The van der Waals surface area contributed by atoms with Crippen LogP contribution in [0.3, 0.4) is 0 Å². The molecule has 6 heteroatoms. The van der Waals surface area contributed by atoms with Crippen LogP contribution in [0.5, 0.6) is 5.75 Å². The van der Waals surface area contributed by atoms with Gasteiger partial charge in [-0.05, 0) is 74.5 Å². The smallest absolute Gasteiger partial charge is 0.263 e. The van der Waals surface area contributed by atoms with E-state index in [0.29, 0.717) is 27.3 Å². The van der Waals surface area contributed by atoms with E-state index in [2.05, 4.69) is 5.32 Å². The Morgan fingerprint density at radius 3 is 2.19 bits per heavy atom. The van der Waals surface area contributed by atoms with Crippen LogP contribution in [0.1, 0.15) is 19.6 Å². The number of amides is 1. The molecule has 1 heterocycles. The molecule has 0 aliphatic carbocycles. The van der Waals surface area contributed by atoms with Gasteiger partial charge in [0.05, 0.1) is 6.54 Å². The normalized spacial score (nSPS) is 11.3. The van der Waals surface area contributed by atoms with Crippen molar-refractivity contribution in [3.63, 3.8) is 0 Å². The molecule has 3 rings (SSSR count). The average Bonchev–Trinajstić information content (AvgIpc) is 3.11. The van der Waals surface area contributed by atoms with Crippen LogP contribution in [0.2, 0.25) is 10.0 Å². The summed E-state index contributed by atoms with van der Waals surface area (Å²) >= 11 is 11.8. The molecule has 27 heavy (non-hydrogen) atoms. The van der Waals surface area contributed by atoms with E-state index in [9.17, 15) is 4.79 Å². The Morgan fingerprint density at radius 1 is 0.963 bits per heavy atom. The number of halogens is 2. The maximum Gasteiger partial charge on any atom is 0.263 e. The number of carbonyl (C=O) groups excluding carboxylic acids is 1. The molecule has 0 radical (unpaired) electrons. The highest BCUT2D eigenvalue weighted by atomic mass is 35.5. The van der Waals surface area contributed by atoms with E-state index in [1.165, 1.54) is 0 Å². The quantitative estimate of drug-likeness (QED) is 0.571.